The van der Waals surface area contributed by atoms with Crippen LogP contribution in [0.1, 0.15) is 40.0 Å². The van der Waals surface area contributed by atoms with E-state index in [0.717, 1.165) is 11.9 Å². The molecule has 0 radical (unpaired) electrons. The number of hydrogen-bond donors (Lipinski definition) is 3. The van der Waals surface area contributed by atoms with Gasteiger partial charge in [0.05, 0.1) is 17.1 Å². The lowest BCUT2D eigenvalue weighted by atomic mass is 9.75. The average molecular weight is 345 g/mol. The van der Waals surface area contributed by atoms with Crippen molar-refractivity contribution in [1.82, 2.24) is 9.97 Å². The summed E-state index contributed by atoms with van der Waals surface area (Å²) in [5, 5.41) is 2.84. The van der Waals surface area contributed by atoms with Gasteiger partial charge in [-0.15, -0.1) is 0 Å². The predicted octanol–water partition coefficient (Wildman–Crippen LogP) is 3.27. The molecule has 3 N–H and O–H groups in total. The molecular formula is C19H27N3O3. The van der Waals surface area contributed by atoms with Gasteiger partial charge in [-0.1, -0.05) is 27.2 Å². The molecule has 2 aromatic rings. The number of imidazole rings is 1. The van der Waals surface area contributed by atoms with Gasteiger partial charge in [-0.05, 0) is 48.8 Å². The summed E-state index contributed by atoms with van der Waals surface area (Å²) in [7, 11) is 0. The number of H-pyrrole nitrogens is 2. The summed E-state index contributed by atoms with van der Waals surface area (Å²) in [6, 6.07) is 5.27. The molecule has 0 spiro atoms. The topological polar surface area (TPSA) is 87.0 Å². The van der Waals surface area contributed by atoms with Crippen molar-refractivity contribution in [3.8, 4) is 0 Å². The maximum atomic E-state index is 12.2. The summed E-state index contributed by atoms with van der Waals surface area (Å²) in [5.74, 6) is 1.56. The van der Waals surface area contributed by atoms with Crippen LogP contribution >= 0.6 is 0 Å². The summed E-state index contributed by atoms with van der Waals surface area (Å²) < 4.78 is 5.98. The van der Waals surface area contributed by atoms with Crippen LogP contribution in [0.4, 0.5) is 5.69 Å². The number of rotatable bonds is 5. The zero-order valence-corrected chi connectivity index (χ0v) is 15.1. The van der Waals surface area contributed by atoms with Crippen molar-refractivity contribution in [1.29, 1.82) is 0 Å². The van der Waals surface area contributed by atoms with Gasteiger partial charge in [0.1, 0.15) is 6.61 Å². The van der Waals surface area contributed by atoms with Gasteiger partial charge in [0.15, 0.2) is 0 Å². The van der Waals surface area contributed by atoms with Crippen LogP contribution in [0, 0.1) is 17.8 Å². The van der Waals surface area contributed by atoms with E-state index < -0.39 is 0 Å². The van der Waals surface area contributed by atoms with E-state index in [4.69, 9.17) is 4.74 Å². The Morgan fingerprint density at radius 2 is 2.04 bits per heavy atom. The Labute approximate surface area is 147 Å². The van der Waals surface area contributed by atoms with Gasteiger partial charge in [0, 0.05) is 5.69 Å². The third-order valence-electron chi connectivity index (χ3n) is 5.19. The van der Waals surface area contributed by atoms with Crippen molar-refractivity contribution < 1.29 is 9.53 Å². The standard InChI is InChI=1S/C19H27N3O3/c1-11(2)14-6-4-12(3)8-17(14)25-10-18(23)20-13-5-7-15-16(9-13)22-19(24)21-15/h5,7,9,11-12,14,17H,4,6,8,10H2,1-3H3,(H,20,23)(H2,21,22,24)/t12-,14-,17-/m1/s1. The van der Waals surface area contributed by atoms with Crippen LogP contribution in [-0.2, 0) is 9.53 Å². The lowest BCUT2D eigenvalue weighted by Gasteiger charge is -2.37. The summed E-state index contributed by atoms with van der Waals surface area (Å²) >= 11 is 0. The fourth-order valence-electron chi connectivity index (χ4n) is 3.80. The van der Waals surface area contributed by atoms with Crippen LogP contribution in [0.2, 0.25) is 0 Å². The number of aromatic nitrogens is 2. The largest absolute Gasteiger partial charge is 0.368 e. The molecule has 0 aliphatic heterocycles. The second-order valence-corrected chi connectivity index (χ2v) is 7.56. The maximum Gasteiger partial charge on any atom is 0.323 e. The van der Waals surface area contributed by atoms with E-state index in [2.05, 4.69) is 36.1 Å². The number of amides is 1. The first-order valence-corrected chi connectivity index (χ1v) is 9.06. The lowest BCUT2D eigenvalue weighted by molar-refractivity contribution is -0.126. The van der Waals surface area contributed by atoms with Gasteiger partial charge in [0.2, 0.25) is 5.91 Å². The van der Waals surface area contributed by atoms with E-state index in [-0.39, 0.29) is 24.3 Å². The normalized spacial score (nSPS) is 23.9. The smallest absolute Gasteiger partial charge is 0.323 e. The number of ether oxygens (including phenoxy) is 1. The maximum absolute atomic E-state index is 12.2. The van der Waals surface area contributed by atoms with Crippen molar-refractivity contribution >= 4 is 22.6 Å². The van der Waals surface area contributed by atoms with Crippen LogP contribution in [-0.4, -0.2) is 28.6 Å². The third kappa shape index (κ3) is 4.31. The first-order chi connectivity index (χ1) is 11.9. The van der Waals surface area contributed by atoms with Crippen molar-refractivity contribution in [2.24, 2.45) is 17.8 Å². The molecule has 25 heavy (non-hydrogen) atoms. The van der Waals surface area contributed by atoms with E-state index >= 15 is 0 Å². The van der Waals surface area contributed by atoms with Crippen molar-refractivity contribution in [2.75, 3.05) is 11.9 Å². The Morgan fingerprint density at radius 3 is 2.80 bits per heavy atom. The molecule has 1 saturated carbocycles. The highest BCUT2D eigenvalue weighted by Gasteiger charge is 2.31. The van der Waals surface area contributed by atoms with Gasteiger partial charge in [0.25, 0.3) is 0 Å². The second-order valence-electron chi connectivity index (χ2n) is 7.56. The van der Waals surface area contributed by atoms with Crippen LogP contribution in [0.5, 0.6) is 0 Å². The van der Waals surface area contributed by atoms with Crippen LogP contribution in [0.25, 0.3) is 11.0 Å². The van der Waals surface area contributed by atoms with Crippen molar-refractivity contribution in [3.05, 3.63) is 28.7 Å². The average Bonchev–Trinajstić information content (AvgIpc) is 2.92. The number of fused-ring (bicyclic) bond motifs is 1. The SMILES string of the molecule is CC(C)[C@H]1CC[C@@H](C)C[C@H]1OCC(=O)Nc1ccc2[nH]c(=O)[nH]c2c1. The minimum Gasteiger partial charge on any atom is -0.368 e. The minimum absolute atomic E-state index is 0.0578. The Bertz CT molecular complexity index is 793. The zero-order valence-electron chi connectivity index (χ0n) is 15.1. The van der Waals surface area contributed by atoms with Gasteiger partial charge in [-0.3, -0.25) is 4.79 Å². The molecule has 1 aromatic carbocycles. The number of carbonyl (C=O) groups is 1. The Balaban J connectivity index is 1.58. The van der Waals surface area contributed by atoms with Crippen molar-refractivity contribution in [2.45, 2.75) is 46.1 Å². The number of benzene rings is 1. The molecule has 1 amide bonds. The summed E-state index contributed by atoms with van der Waals surface area (Å²) in [6.07, 6.45) is 3.58. The summed E-state index contributed by atoms with van der Waals surface area (Å²) in [4.78, 5) is 28.9. The molecule has 1 aromatic heterocycles. The zero-order chi connectivity index (χ0) is 18.0. The third-order valence-corrected chi connectivity index (χ3v) is 5.19. The molecule has 6 heteroatoms. The fraction of sp³-hybridized carbons (Fsp3) is 0.579. The number of anilines is 1. The molecule has 0 saturated heterocycles. The predicted molar refractivity (Wildman–Crippen MR) is 98.6 cm³/mol. The Kier molecular flexibility index (Phi) is 5.27. The number of hydrogen-bond acceptors (Lipinski definition) is 3. The molecule has 1 heterocycles. The van der Waals surface area contributed by atoms with E-state index in [1.807, 2.05) is 0 Å². The van der Waals surface area contributed by atoms with Gasteiger partial charge in [-0.25, -0.2) is 4.79 Å². The molecule has 1 aliphatic rings. The van der Waals surface area contributed by atoms with Gasteiger partial charge >= 0.3 is 5.69 Å². The Morgan fingerprint density at radius 1 is 1.28 bits per heavy atom. The highest BCUT2D eigenvalue weighted by Crippen LogP contribution is 2.35. The first-order valence-electron chi connectivity index (χ1n) is 9.06. The molecule has 136 valence electrons. The van der Waals surface area contributed by atoms with Crippen LogP contribution < -0.4 is 11.0 Å². The molecule has 3 atom stereocenters. The van der Waals surface area contributed by atoms with Gasteiger partial charge in [-0.2, -0.15) is 0 Å². The van der Waals surface area contributed by atoms with E-state index in [1.165, 1.54) is 12.8 Å². The molecule has 1 aliphatic carbocycles. The molecule has 0 bridgehead atoms. The quantitative estimate of drug-likeness (QED) is 0.777. The molecule has 0 unspecified atom stereocenters. The Hall–Kier alpha value is -2.08. The minimum atomic E-state index is -0.257. The molecular weight excluding hydrogens is 318 g/mol. The monoisotopic (exact) mass is 345 g/mol. The van der Waals surface area contributed by atoms with Crippen LogP contribution in [0.15, 0.2) is 23.0 Å². The fourth-order valence-corrected chi connectivity index (χ4v) is 3.80. The molecule has 6 nitrogen and oxygen atoms in total. The number of aromatic amines is 2. The molecule has 1 fully saturated rings. The van der Waals surface area contributed by atoms with E-state index in [9.17, 15) is 9.59 Å². The highest BCUT2D eigenvalue weighted by atomic mass is 16.5. The lowest BCUT2D eigenvalue weighted by Crippen LogP contribution is -2.36. The van der Waals surface area contributed by atoms with Crippen molar-refractivity contribution in [3.63, 3.8) is 0 Å². The van der Waals surface area contributed by atoms with Crippen LogP contribution in [0.3, 0.4) is 0 Å². The second kappa shape index (κ2) is 7.44. The molecule has 3 rings (SSSR count). The summed E-state index contributed by atoms with van der Waals surface area (Å²) in [6.45, 7) is 6.76. The first kappa shape index (κ1) is 17.7. The summed E-state index contributed by atoms with van der Waals surface area (Å²) in [5.41, 5.74) is 1.78. The van der Waals surface area contributed by atoms with Gasteiger partial charge < -0.3 is 20.0 Å². The van der Waals surface area contributed by atoms with E-state index in [0.29, 0.717) is 29.0 Å². The number of carbonyl (C=O) groups excluding carboxylic acids is 1. The van der Waals surface area contributed by atoms with E-state index in [1.54, 1.807) is 18.2 Å². The number of nitrogens with one attached hydrogen (secondary N) is 3. The highest BCUT2D eigenvalue weighted by molar-refractivity contribution is 5.93.